The van der Waals surface area contributed by atoms with E-state index < -0.39 is 11.7 Å². The Morgan fingerprint density at radius 3 is 2.72 bits per heavy atom. The van der Waals surface area contributed by atoms with Gasteiger partial charge in [-0.1, -0.05) is 6.07 Å². The Morgan fingerprint density at radius 2 is 2.12 bits per heavy atom. The number of alkyl halides is 3. The molecule has 1 N–H and O–H groups in total. The molecule has 1 unspecified atom stereocenters. The molecule has 0 amide bonds. The lowest BCUT2D eigenvalue weighted by Crippen LogP contribution is -2.48. The van der Waals surface area contributed by atoms with Crippen LogP contribution in [0.3, 0.4) is 0 Å². The van der Waals surface area contributed by atoms with Gasteiger partial charge in [0.05, 0.1) is 31.0 Å². The number of benzene rings is 1. The van der Waals surface area contributed by atoms with Gasteiger partial charge in [-0.3, -0.25) is 9.67 Å². The summed E-state index contributed by atoms with van der Waals surface area (Å²) >= 11 is 0. The molecule has 1 fully saturated rings. The van der Waals surface area contributed by atoms with Crippen LogP contribution in [0.1, 0.15) is 36.6 Å². The van der Waals surface area contributed by atoms with Gasteiger partial charge in [0.15, 0.2) is 5.96 Å². The minimum Gasteiger partial charge on any atom is -0.491 e. The summed E-state index contributed by atoms with van der Waals surface area (Å²) in [6.07, 6.45) is -1.24. The number of hydrogen-bond donors (Lipinski definition) is 1. The standard InChI is InChI=1S/C21H28F3N5O2.HI/c1-14(2)31-17-6-5-15(18(9-17)21(22,23)24)10-26-20(25-3)29-7-8-30-19(13-29)16-11-27-28(4)12-16;/h5-6,9,11-12,14,19H,7-8,10,13H2,1-4H3,(H,25,26);1H. The van der Waals surface area contributed by atoms with Gasteiger partial charge in [0.2, 0.25) is 0 Å². The zero-order valence-corrected chi connectivity index (χ0v) is 20.8. The van der Waals surface area contributed by atoms with Crippen LogP contribution in [-0.4, -0.2) is 53.5 Å². The molecule has 0 saturated carbocycles. The van der Waals surface area contributed by atoms with Gasteiger partial charge in [-0.05, 0) is 31.5 Å². The fraction of sp³-hybridized carbons (Fsp3) is 0.524. The molecule has 1 aliphatic heterocycles. The molecule has 1 aliphatic rings. The van der Waals surface area contributed by atoms with E-state index in [1.54, 1.807) is 37.8 Å². The van der Waals surface area contributed by atoms with E-state index in [0.29, 0.717) is 25.7 Å². The van der Waals surface area contributed by atoms with Crippen LogP contribution in [0.15, 0.2) is 35.6 Å². The van der Waals surface area contributed by atoms with Gasteiger partial charge >= 0.3 is 6.18 Å². The average Bonchev–Trinajstić information content (AvgIpc) is 3.15. The van der Waals surface area contributed by atoms with Crippen molar-refractivity contribution in [3.05, 3.63) is 47.3 Å². The third-order valence-electron chi connectivity index (χ3n) is 4.87. The van der Waals surface area contributed by atoms with E-state index >= 15 is 0 Å². The van der Waals surface area contributed by atoms with Crippen molar-refractivity contribution in [1.82, 2.24) is 20.0 Å². The van der Waals surface area contributed by atoms with Gasteiger partial charge in [-0.25, -0.2) is 0 Å². The Hall–Kier alpha value is -2.02. The van der Waals surface area contributed by atoms with Gasteiger partial charge in [0.25, 0.3) is 0 Å². The number of guanidine groups is 1. The topological polar surface area (TPSA) is 63.9 Å². The Labute approximate surface area is 203 Å². The number of rotatable bonds is 5. The molecular weight excluding hydrogens is 538 g/mol. The predicted octanol–water partition coefficient (Wildman–Crippen LogP) is 3.99. The van der Waals surface area contributed by atoms with Crippen molar-refractivity contribution >= 4 is 29.9 Å². The monoisotopic (exact) mass is 567 g/mol. The molecule has 1 atom stereocenters. The zero-order valence-electron chi connectivity index (χ0n) is 18.5. The normalized spacial score (nSPS) is 17.3. The number of hydrogen-bond acceptors (Lipinski definition) is 4. The minimum absolute atomic E-state index is 0. The first-order chi connectivity index (χ1) is 14.7. The van der Waals surface area contributed by atoms with Crippen LogP contribution in [0.25, 0.3) is 0 Å². The third-order valence-corrected chi connectivity index (χ3v) is 4.87. The Balaban J connectivity index is 0.00000363. The Kier molecular flexibility index (Phi) is 9.19. The maximum Gasteiger partial charge on any atom is 0.416 e. The van der Waals surface area contributed by atoms with E-state index in [0.717, 1.165) is 11.6 Å². The lowest BCUT2D eigenvalue weighted by atomic mass is 10.1. The van der Waals surface area contributed by atoms with Gasteiger partial charge in [-0.15, -0.1) is 24.0 Å². The molecule has 0 radical (unpaired) electrons. The maximum atomic E-state index is 13.6. The zero-order chi connectivity index (χ0) is 22.6. The van der Waals surface area contributed by atoms with E-state index in [1.807, 2.05) is 18.1 Å². The lowest BCUT2D eigenvalue weighted by Gasteiger charge is -2.34. The second kappa shape index (κ2) is 11.2. The highest BCUT2D eigenvalue weighted by Gasteiger charge is 2.34. The van der Waals surface area contributed by atoms with Crippen LogP contribution < -0.4 is 10.1 Å². The van der Waals surface area contributed by atoms with Crippen molar-refractivity contribution in [2.45, 2.75) is 38.8 Å². The highest BCUT2D eigenvalue weighted by Crippen LogP contribution is 2.34. The van der Waals surface area contributed by atoms with E-state index in [-0.39, 0.29) is 54.0 Å². The van der Waals surface area contributed by atoms with Crippen LogP contribution in [-0.2, 0) is 24.5 Å². The van der Waals surface area contributed by atoms with Crippen LogP contribution in [0.2, 0.25) is 0 Å². The summed E-state index contributed by atoms with van der Waals surface area (Å²) in [5, 5.41) is 7.24. The SMILES string of the molecule is CN=C(NCc1ccc(OC(C)C)cc1C(F)(F)F)N1CCOC(c2cnn(C)c2)C1.I. The van der Waals surface area contributed by atoms with Gasteiger partial charge in [-0.2, -0.15) is 18.3 Å². The second-order valence-electron chi connectivity index (χ2n) is 7.64. The quantitative estimate of drug-likeness (QED) is 0.337. The number of ether oxygens (including phenoxy) is 2. The van der Waals surface area contributed by atoms with E-state index in [4.69, 9.17) is 9.47 Å². The molecule has 2 aromatic rings. The third kappa shape index (κ3) is 6.74. The van der Waals surface area contributed by atoms with Crippen LogP contribution in [0.4, 0.5) is 13.2 Å². The number of aryl methyl sites for hydroxylation is 1. The molecule has 178 valence electrons. The van der Waals surface area contributed by atoms with Crippen molar-refractivity contribution < 1.29 is 22.6 Å². The molecule has 11 heteroatoms. The number of aliphatic imine (C=N–C) groups is 1. The minimum atomic E-state index is -4.48. The summed E-state index contributed by atoms with van der Waals surface area (Å²) in [5.41, 5.74) is 0.355. The fourth-order valence-corrected chi connectivity index (χ4v) is 3.48. The first-order valence-electron chi connectivity index (χ1n) is 10.1. The summed E-state index contributed by atoms with van der Waals surface area (Å²) in [7, 11) is 3.45. The molecule has 0 spiro atoms. The summed E-state index contributed by atoms with van der Waals surface area (Å²) in [5.74, 6) is 0.718. The van der Waals surface area contributed by atoms with Gasteiger partial charge < -0.3 is 19.7 Å². The Bertz CT molecular complexity index is 917. The predicted molar refractivity (Wildman–Crippen MR) is 126 cm³/mol. The summed E-state index contributed by atoms with van der Waals surface area (Å²) in [4.78, 5) is 6.23. The van der Waals surface area contributed by atoms with E-state index in [9.17, 15) is 13.2 Å². The number of nitrogens with zero attached hydrogens (tertiary/aromatic N) is 4. The number of morpholine rings is 1. The number of halogens is 4. The summed E-state index contributed by atoms with van der Waals surface area (Å²) in [6.45, 7) is 5.12. The molecular formula is C21H29F3IN5O2. The van der Waals surface area contributed by atoms with Crippen LogP contribution >= 0.6 is 24.0 Å². The largest absolute Gasteiger partial charge is 0.491 e. The maximum absolute atomic E-state index is 13.6. The highest BCUT2D eigenvalue weighted by atomic mass is 127. The first kappa shape index (κ1) is 26.2. The van der Waals surface area contributed by atoms with E-state index in [1.165, 1.54) is 6.07 Å². The number of aromatic nitrogens is 2. The molecule has 0 aliphatic carbocycles. The average molecular weight is 567 g/mol. The fourth-order valence-electron chi connectivity index (χ4n) is 3.48. The molecule has 0 bridgehead atoms. The van der Waals surface area contributed by atoms with Crippen molar-refractivity contribution in [2.75, 3.05) is 26.7 Å². The lowest BCUT2D eigenvalue weighted by molar-refractivity contribution is -0.138. The van der Waals surface area contributed by atoms with Crippen LogP contribution in [0, 0.1) is 0 Å². The molecule has 1 saturated heterocycles. The van der Waals surface area contributed by atoms with Crippen molar-refractivity contribution in [2.24, 2.45) is 12.0 Å². The first-order valence-corrected chi connectivity index (χ1v) is 10.1. The van der Waals surface area contributed by atoms with Crippen molar-refractivity contribution in [3.63, 3.8) is 0 Å². The number of nitrogens with one attached hydrogen (secondary N) is 1. The molecule has 2 heterocycles. The smallest absolute Gasteiger partial charge is 0.416 e. The molecule has 3 rings (SSSR count). The summed E-state index contributed by atoms with van der Waals surface area (Å²) in [6, 6.07) is 4.05. The van der Waals surface area contributed by atoms with Crippen molar-refractivity contribution in [3.8, 4) is 5.75 Å². The highest BCUT2D eigenvalue weighted by molar-refractivity contribution is 14.0. The molecule has 1 aromatic heterocycles. The second-order valence-corrected chi connectivity index (χ2v) is 7.64. The van der Waals surface area contributed by atoms with Crippen LogP contribution in [0.5, 0.6) is 5.75 Å². The molecule has 7 nitrogen and oxygen atoms in total. The van der Waals surface area contributed by atoms with Gasteiger partial charge in [0.1, 0.15) is 11.9 Å². The van der Waals surface area contributed by atoms with Gasteiger partial charge in [0, 0.05) is 38.9 Å². The van der Waals surface area contributed by atoms with Crippen molar-refractivity contribution in [1.29, 1.82) is 0 Å². The summed E-state index contributed by atoms with van der Waals surface area (Å²) < 4.78 is 53.8. The Morgan fingerprint density at radius 1 is 1.38 bits per heavy atom. The van der Waals surface area contributed by atoms with E-state index in [2.05, 4.69) is 15.4 Å². The molecule has 32 heavy (non-hydrogen) atoms. The molecule has 1 aromatic carbocycles.